The predicted octanol–water partition coefficient (Wildman–Crippen LogP) is 2.33. The molecule has 0 radical (unpaired) electrons. The highest BCUT2D eigenvalue weighted by molar-refractivity contribution is 7.99. The van der Waals surface area contributed by atoms with Crippen LogP contribution in [0.25, 0.3) is 0 Å². The monoisotopic (exact) mass is 279 g/mol. The number of hydrogen-bond donors (Lipinski definition) is 2. The summed E-state index contributed by atoms with van der Waals surface area (Å²) < 4.78 is 0. The molecule has 0 atom stereocenters. The Hall–Kier alpha value is -1.00. The molecule has 2 rings (SSSR count). The molecule has 0 aliphatic heterocycles. The van der Waals surface area contributed by atoms with Crippen LogP contribution in [0.4, 0.5) is 0 Å². The lowest BCUT2D eigenvalue weighted by Gasteiger charge is -2.25. The van der Waals surface area contributed by atoms with Gasteiger partial charge in [-0.3, -0.25) is 4.79 Å². The van der Waals surface area contributed by atoms with E-state index in [9.17, 15) is 4.79 Å². The number of benzene rings is 1. The molecule has 1 aliphatic carbocycles. The molecule has 3 nitrogen and oxygen atoms in total. The summed E-state index contributed by atoms with van der Waals surface area (Å²) in [5.41, 5.74) is 2.11. The molecule has 104 valence electrons. The van der Waals surface area contributed by atoms with Gasteiger partial charge in [-0.1, -0.05) is 30.7 Å². The van der Waals surface area contributed by atoms with E-state index < -0.39 is 0 Å². The van der Waals surface area contributed by atoms with Crippen LogP contribution in [0.5, 0.6) is 0 Å². The predicted molar refractivity (Wildman–Crippen MR) is 78.9 cm³/mol. The van der Waals surface area contributed by atoms with Gasteiger partial charge in [-0.05, 0) is 29.9 Å². The van der Waals surface area contributed by atoms with Crippen LogP contribution in [0, 0.1) is 5.92 Å². The quantitative estimate of drug-likeness (QED) is 0.805. The maximum absolute atomic E-state index is 11.6. The van der Waals surface area contributed by atoms with Crippen molar-refractivity contribution in [1.29, 1.82) is 0 Å². The Kier molecular flexibility index (Phi) is 5.73. The van der Waals surface area contributed by atoms with Crippen molar-refractivity contribution in [2.45, 2.75) is 31.6 Å². The third-order valence-electron chi connectivity index (χ3n) is 3.52. The SMILES string of the molecule is O=C(CSCc1ccc(CO)cc1)NCC1CCC1. The molecule has 0 heterocycles. The zero-order valence-electron chi connectivity index (χ0n) is 11.1. The highest BCUT2D eigenvalue weighted by atomic mass is 32.2. The van der Waals surface area contributed by atoms with Gasteiger partial charge in [0.25, 0.3) is 0 Å². The normalized spacial score (nSPS) is 15.0. The molecule has 1 fully saturated rings. The number of rotatable bonds is 7. The fourth-order valence-corrected chi connectivity index (χ4v) is 2.83. The second-order valence-corrected chi connectivity index (χ2v) is 6.05. The lowest BCUT2D eigenvalue weighted by Crippen LogP contribution is -2.33. The van der Waals surface area contributed by atoms with Crippen LogP contribution in [0.15, 0.2) is 24.3 Å². The summed E-state index contributed by atoms with van der Waals surface area (Å²) in [6, 6.07) is 7.86. The van der Waals surface area contributed by atoms with E-state index in [-0.39, 0.29) is 12.5 Å². The molecule has 1 amide bonds. The Morgan fingerprint density at radius 2 is 1.95 bits per heavy atom. The Balaban J connectivity index is 1.60. The van der Waals surface area contributed by atoms with E-state index in [4.69, 9.17) is 5.11 Å². The van der Waals surface area contributed by atoms with Crippen molar-refractivity contribution in [2.75, 3.05) is 12.3 Å². The van der Waals surface area contributed by atoms with Gasteiger partial charge in [0.1, 0.15) is 0 Å². The highest BCUT2D eigenvalue weighted by Crippen LogP contribution is 2.25. The minimum Gasteiger partial charge on any atom is -0.392 e. The lowest BCUT2D eigenvalue weighted by molar-refractivity contribution is -0.118. The second kappa shape index (κ2) is 7.56. The van der Waals surface area contributed by atoms with E-state index >= 15 is 0 Å². The molecule has 0 unspecified atom stereocenters. The molecule has 1 aromatic rings. The summed E-state index contributed by atoms with van der Waals surface area (Å²) in [6.45, 7) is 0.932. The van der Waals surface area contributed by atoms with Gasteiger partial charge in [0, 0.05) is 12.3 Å². The van der Waals surface area contributed by atoms with Gasteiger partial charge in [-0.2, -0.15) is 0 Å². The molecule has 1 saturated carbocycles. The van der Waals surface area contributed by atoms with E-state index in [1.54, 1.807) is 11.8 Å². The first-order valence-electron chi connectivity index (χ1n) is 6.81. The third-order valence-corrected chi connectivity index (χ3v) is 4.52. The lowest BCUT2D eigenvalue weighted by atomic mass is 9.85. The highest BCUT2D eigenvalue weighted by Gasteiger charge is 2.17. The first-order chi connectivity index (χ1) is 9.28. The number of carbonyl (C=O) groups is 1. The Morgan fingerprint density at radius 1 is 1.26 bits per heavy atom. The van der Waals surface area contributed by atoms with Crippen molar-refractivity contribution in [3.63, 3.8) is 0 Å². The molecule has 0 saturated heterocycles. The summed E-state index contributed by atoms with van der Waals surface area (Å²) in [4.78, 5) is 11.6. The molecular formula is C15H21NO2S. The summed E-state index contributed by atoms with van der Waals surface area (Å²) in [5, 5.41) is 11.9. The first kappa shape index (κ1) is 14.4. The third kappa shape index (κ3) is 4.88. The van der Waals surface area contributed by atoms with Gasteiger partial charge in [0.2, 0.25) is 5.91 Å². The summed E-state index contributed by atoms with van der Waals surface area (Å²) in [5.74, 6) is 2.22. The number of aliphatic hydroxyl groups is 1. The van der Waals surface area contributed by atoms with E-state index in [0.29, 0.717) is 5.75 Å². The van der Waals surface area contributed by atoms with Crippen LogP contribution in [0.1, 0.15) is 30.4 Å². The van der Waals surface area contributed by atoms with Gasteiger partial charge in [0.05, 0.1) is 12.4 Å². The molecule has 19 heavy (non-hydrogen) atoms. The van der Waals surface area contributed by atoms with Gasteiger partial charge < -0.3 is 10.4 Å². The van der Waals surface area contributed by atoms with Crippen molar-refractivity contribution in [3.05, 3.63) is 35.4 Å². The first-order valence-corrected chi connectivity index (χ1v) is 7.96. The van der Waals surface area contributed by atoms with Crippen LogP contribution in [0.2, 0.25) is 0 Å². The second-order valence-electron chi connectivity index (χ2n) is 5.07. The summed E-state index contributed by atoms with van der Waals surface area (Å²) in [6.07, 6.45) is 3.86. The average molecular weight is 279 g/mol. The van der Waals surface area contributed by atoms with Gasteiger partial charge >= 0.3 is 0 Å². The molecule has 0 spiro atoms. The van der Waals surface area contributed by atoms with Gasteiger partial charge in [-0.25, -0.2) is 0 Å². The summed E-state index contributed by atoms with van der Waals surface area (Å²) in [7, 11) is 0. The smallest absolute Gasteiger partial charge is 0.230 e. The van der Waals surface area contributed by atoms with Crippen LogP contribution >= 0.6 is 11.8 Å². The van der Waals surface area contributed by atoms with Crippen LogP contribution < -0.4 is 5.32 Å². The summed E-state index contributed by atoms with van der Waals surface area (Å²) >= 11 is 1.63. The Labute approximate surface area is 118 Å². The maximum atomic E-state index is 11.6. The molecule has 0 aromatic heterocycles. The van der Waals surface area contributed by atoms with E-state index in [0.717, 1.165) is 23.8 Å². The molecule has 0 bridgehead atoms. The topological polar surface area (TPSA) is 49.3 Å². The standard InChI is InChI=1S/C15H21NO2S/c17-9-13-4-6-14(7-5-13)10-19-11-15(18)16-8-12-2-1-3-12/h4-7,12,17H,1-3,8-11H2,(H,16,18). The number of hydrogen-bond acceptors (Lipinski definition) is 3. The molecular weight excluding hydrogens is 258 g/mol. The fraction of sp³-hybridized carbons (Fsp3) is 0.533. The number of amides is 1. The van der Waals surface area contributed by atoms with Crippen molar-refractivity contribution in [3.8, 4) is 0 Å². The van der Waals surface area contributed by atoms with Crippen molar-refractivity contribution < 1.29 is 9.90 Å². The van der Waals surface area contributed by atoms with E-state index in [1.165, 1.54) is 24.8 Å². The Morgan fingerprint density at radius 3 is 2.53 bits per heavy atom. The molecule has 2 N–H and O–H groups in total. The number of nitrogens with one attached hydrogen (secondary N) is 1. The van der Waals surface area contributed by atoms with Crippen molar-refractivity contribution in [2.24, 2.45) is 5.92 Å². The average Bonchev–Trinajstić information content (AvgIpc) is 2.38. The van der Waals surface area contributed by atoms with E-state index in [1.807, 2.05) is 24.3 Å². The van der Waals surface area contributed by atoms with Crippen LogP contribution in [0.3, 0.4) is 0 Å². The molecule has 1 aromatic carbocycles. The number of aliphatic hydroxyl groups excluding tert-OH is 1. The fourth-order valence-electron chi connectivity index (χ4n) is 2.01. The molecule has 1 aliphatic rings. The maximum Gasteiger partial charge on any atom is 0.230 e. The minimum absolute atomic E-state index is 0.0804. The van der Waals surface area contributed by atoms with Gasteiger partial charge in [-0.15, -0.1) is 11.8 Å². The number of thioether (sulfide) groups is 1. The van der Waals surface area contributed by atoms with E-state index in [2.05, 4.69) is 5.32 Å². The van der Waals surface area contributed by atoms with Crippen LogP contribution in [-0.2, 0) is 17.2 Å². The zero-order valence-corrected chi connectivity index (χ0v) is 11.9. The number of carbonyl (C=O) groups excluding carboxylic acids is 1. The minimum atomic E-state index is 0.0804. The molecule has 4 heteroatoms. The zero-order chi connectivity index (χ0) is 13.5. The van der Waals surface area contributed by atoms with Crippen molar-refractivity contribution in [1.82, 2.24) is 5.32 Å². The van der Waals surface area contributed by atoms with Crippen molar-refractivity contribution >= 4 is 17.7 Å². The van der Waals surface area contributed by atoms with Crippen LogP contribution in [-0.4, -0.2) is 23.3 Å². The largest absolute Gasteiger partial charge is 0.392 e. The Bertz CT molecular complexity index is 401. The van der Waals surface area contributed by atoms with Gasteiger partial charge in [0.15, 0.2) is 0 Å².